The van der Waals surface area contributed by atoms with Crippen molar-refractivity contribution in [3.05, 3.63) is 59.7 Å². The third-order valence-corrected chi connectivity index (χ3v) is 5.24. The number of hydrogen-bond acceptors (Lipinski definition) is 2. The summed E-state index contributed by atoms with van der Waals surface area (Å²) in [6.45, 7) is 3.88. The predicted molar refractivity (Wildman–Crippen MR) is 105 cm³/mol. The summed E-state index contributed by atoms with van der Waals surface area (Å²) < 4.78 is 0. The second-order valence-electron chi connectivity index (χ2n) is 7.09. The van der Waals surface area contributed by atoms with Gasteiger partial charge in [0.05, 0.1) is 5.41 Å². The molecule has 0 radical (unpaired) electrons. The highest BCUT2D eigenvalue weighted by Crippen LogP contribution is 2.42. The first-order valence-corrected chi connectivity index (χ1v) is 9.32. The summed E-state index contributed by atoms with van der Waals surface area (Å²) in [6, 6.07) is 15.6. The van der Waals surface area contributed by atoms with Gasteiger partial charge in [-0.05, 0) is 49.6 Å². The second kappa shape index (κ2) is 7.73. The molecule has 26 heavy (non-hydrogen) atoms. The van der Waals surface area contributed by atoms with E-state index < -0.39 is 5.41 Å². The van der Waals surface area contributed by atoms with E-state index in [4.69, 9.17) is 0 Å². The summed E-state index contributed by atoms with van der Waals surface area (Å²) in [5.41, 5.74) is 3.35. The van der Waals surface area contributed by atoms with Crippen LogP contribution in [0.1, 0.15) is 50.2 Å². The fraction of sp³-hybridized carbons (Fsp3) is 0.364. The zero-order valence-electron chi connectivity index (χ0n) is 15.5. The Hall–Kier alpha value is -2.62. The van der Waals surface area contributed by atoms with E-state index in [1.165, 1.54) is 5.56 Å². The van der Waals surface area contributed by atoms with E-state index in [-0.39, 0.29) is 11.8 Å². The fourth-order valence-corrected chi connectivity index (χ4v) is 3.63. The number of benzene rings is 2. The highest BCUT2D eigenvalue weighted by Gasteiger charge is 2.42. The molecule has 2 N–H and O–H groups in total. The smallest absolute Gasteiger partial charge is 0.235 e. The predicted octanol–water partition coefficient (Wildman–Crippen LogP) is 4.79. The van der Waals surface area contributed by atoms with Crippen molar-refractivity contribution in [1.82, 2.24) is 0 Å². The van der Waals surface area contributed by atoms with E-state index in [1.807, 2.05) is 31.2 Å². The summed E-state index contributed by atoms with van der Waals surface area (Å²) in [4.78, 5) is 24.6. The van der Waals surface area contributed by atoms with Gasteiger partial charge in [-0.1, -0.05) is 49.6 Å². The second-order valence-corrected chi connectivity index (χ2v) is 7.09. The van der Waals surface area contributed by atoms with E-state index in [0.29, 0.717) is 6.42 Å². The molecule has 0 aromatic heterocycles. The van der Waals surface area contributed by atoms with Gasteiger partial charge in [-0.15, -0.1) is 0 Å². The van der Waals surface area contributed by atoms with Crippen LogP contribution in [0.25, 0.3) is 0 Å². The van der Waals surface area contributed by atoms with Crippen LogP contribution in [0.3, 0.4) is 0 Å². The van der Waals surface area contributed by atoms with Crippen molar-refractivity contribution >= 4 is 23.2 Å². The quantitative estimate of drug-likeness (QED) is 0.814. The molecule has 1 saturated carbocycles. The summed E-state index contributed by atoms with van der Waals surface area (Å²) >= 11 is 0. The standard InChI is InChI=1S/C22H26N2O2/c1-3-20(25)23-18-10-12-19(13-11-18)24-21(26)22(14-4-5-15-22)17-8-6-16(2)7-9-17/h6-13H,3-5,14-15H2,1-2H3,(H,23,25)(H,24,26). The van der Waals surface area contributed by atoms with Gasteiger partial charge in [0.25, 0.3) is 0 Å². The molecule has 136 valence electrons. The first-order valence-electron chi connectivity index (χ1n) is 9.32. The number of aryl methyl sites for hydroxylation is 1. The number of amides is 2. The van der Waals surface area contributed by atoms with Crippen molar-refractivity contribution in [2.24, 2.45) is 0 Å². The van der Waals surface area contributed by atoms with E-state index in [1.54, 1.807) is 0 Å². The Balaban J connectivity index is 1.76. The van der Waals surface area contributed by atoms with Crippen molar-refractivity contribution in [2.45, 2.75) is 51.4 Å². The number of anilines is 2. The Bertz CT molecular complexity index is 773. The molecule has 0 heterocycles. The van der Waals surface area contributed by atoms with Crippen LogP contribution in [0, 0.1) is 6.92 Å². The largest absolute Gasteiger partial charge is 0.326 e. The maximum atomic E-state index is 13.2. The molecule has 0 unspecified atom stereocenters. The molecule has 1 fully saturated rings. The van der Waals surface area contributed by atoms with Crippen LogP contribution >= 0.6 is 0 Å². The van der Waals surface area contributed by atoms with Crippen LogP contribution in [-0.4, -0.2) is 11.8 Å². The molecule has 2 aromatic rings. The molecule has 4 heteroatoms. The van der Waals surface area contributed by atoms with Gasteiger partial charge < -0.3 is 10.6 Å². The van der Waals surface area contributed by atoms with Gasteiger partial charge >= 0.3 is 0 Å². The van der Waals surface area contributed by atoms with Crippen LogP contribution in [0.5, 0.6) is 0 Å². The van der Waals surface area contributed by atoms with Crippen molar-refractivity contribution < 1.29 is 9.59 Å². The fourth-order valence-electron chi connectivity index (χ4n) is 3.63. The maximum Gasteiger partial charge on any atom is 0.235 e. The average molecular weight is 350 g/mol. The van der Waals surface area contributed by atoms with Crippen molar-refractivity contribution in [3.8, 4) is 0 Å². The Morgan fingerprint density at radius 3 is 1.96 bits per heavy atom. The van der Waals surface area contributed by atoms with Crippen LogP contribution in [0.4, 0.5) is 11.4 Å². The highest BCUT2D eigenvalue weighted by atomic mass is 16.2. The van der Waals surface area contributed by atoms with Gasteiger partial charge in [0.15, 0.2) is 0 Å². The van der Waals surface area contributed by atoms with Crippen LogP contribution in [0.15, 0.2) is 48.5 Å². The lowest BCUT2D eigenvalue weighted by atomic mass is 9.77. The van der Waals surface area contributed by atoms with Gasteiger partial charge in [0, 0.05) is 17.8 Å². The zero-order chi connectivity index (χ0) is 18.6. The molecular formula is C22H26N2O2. The molecule has 0 aliphatic heterocycles. The van der Waals surface area contributed by atoms with Crippen molar-refractivity contribution in [3.63, 3.8) is 0 Å². The molecule has 0 spiro atoms. The number of hydrogen-bond donors (Lipinski definition) is 2. The monoisotopic (exact) mass is 350 g/mol. The Kier molecular flexibility index (Phi) is 5.40. The maximum absolute atomic E-state index is 13.2. The summed E-state index contributed by atoms with van der Waals surface area (Å²) in [5, 5.41) is 5.89. The molecule has 4 nitrogen and oxygen atoms in total. The summed E-state index contributed by atoms with van der Waals surface area (Å²) in [7, 11) is 0. The Morgan fingerprint density at radius 2 is 1.42 bits per heavy atom. The molecule has 1 aliphatic carbocycles. The minimum Gasteiger partial charge on any atom is -0.326 e. The number of carbonyl (C=O) groups is 2. The molecule has 1 aliphatic rings. The molecule has 0 saturated heterocycles. The van der Waals surface area contributed by atoms with E-state index in [9.17, 15) is 9.59 Å². The first kappa shape index (κ1) is 18.2. The van der Waals surface area contributed by atoms with Gasteiger partial charge in [-0.2, -0.15) is 0 Å². The van der Waals surface area contributed by atoms with Crippen LogP contribution < -0.4 is 10.6 Å². The molecule has 0 bridgehead atoms. The third kappa shape index (κ3) is 3.79. The Labute approximate surface area is 155 Å². The van der Waals surface area contributed by atoms with Crippen LogP contribution in [-0.2, 0) is 15.0 Å². The van der Waals surface area contributed by atoms with Gasteiger partial charge in [-0.25, -0.2) is 0 Å². The zero-order valence-corrected chi connectivity index (χ0v) is 15.5. The number of rotatable bonds is 5. The first-order chi connectivity index (χ1) is 12.5. The van der Waals surface area contributed by atoms with Gasteiger partial charge in [0.2, 0.25) is 11.8 Å². The SMILES string of the molecule is CCC(=O)Nc1ccc(NC(=O)C2(c3ccc(C)cc3)CCCC2)cc1. The third-order valence-electron chi connectivity index (χ3n) is 5.24. The van der Waals surface area contributed by atoms with Gasteiger partial charge in [0.1, 0.15) is 0 Å². The lowest BCUT2D eigenvalue weighted by molar-refractivity contribution is -0.121. The Morgan fingerprint density at radius 1 is 0.885 bits per heavy atom. The average Bonchev–Trinajstić information content (AvgIpc) is 3.15. The van der Waals surface area contributed by atoms with Gasteiger partial charge in [-0.3, -0.25) is 9.59 Å². The molecular weight excluding hydrogens is 324 g/mol. The van der Waals surface area contributed by atoms with E-state index in [0.717, 1.165) is 42.6 Å². The summed E-state index contributed by atoms with van der Waals surface area (Å²) in [5.74, 6) is 0.0373. The molecule has 3 rings (SSSR count). The molecule has 2 amide bonds. The topological polar surface area (TPSA) is 58.2 Å². The summed E-state index contributed by atoms with van der Waals surface area (Å²) in [6.07, 6.45) is 4.35. The molecule has 2 aromatic carbocycles. The number of carbonyl (C=O) groups excluding carboxylic acids is 2. The van der Waals surface area contributed by atoms with E-state index in [2.05, 4.69) is 41.8 Å². The minimum absolute atomic E-state index is 0.0222. The van der Waals surface area contributed by atoms with Crippen molar-refractivity contribution in [1.29, 1.82) is 0 Å². The number of nitrogens with one attached hydrogen (secondary N) is 2. The minimum atomic E-state index is -0.442. The lowest BCUT2D eigenvalue weighted by Gasteiger charge is -2.28. The lowest BCUT2D eigenvalue weighted by Crippen LogP contribution is -2.38. The molecule has 0 atom stereocenters. The van der Waals surface area contributed by atoms with Crippen molar-refractivity contribution in [2.75, 3.05) is 10.6 Å². The van der Waals surface area contributed by atoms with Crippen LogP contribution in [0.2, 0.25) is 0 Å². The van der Waals surface area contributed by atoms with E-state index >= 15 is 0 Å². The highest BCUT2D eigenvalue weighted by molar-refractivity contribution is 5.99. The normalized spacial score (nSPS) is 15.5.